The highest BCUT2D eigenvalue weighted by molar-refractivity contribution is 5.78. The molecule has 0 rings (SSSR count). The molecule has 9 heteroatoms. The van der Waals surface area contributed by atoms with Gasteiger partial charge in [0.05, 0.1) is 13.2 Å². The Balaban J connectivity index is 3.22. The van der Waals surface area contributed by atoms with E-state index >= 15 is 0 Å². The van der Waals surface area contributed by atoms with Gasteiger partial charge in [0.1, 0.15) is 6.29 Å². The number of aldehydes is 1. The number of ether oxygens (including phenoxy) is 2. The van der Waals surface area contributed by atoms with E-state index in [1.54, 1.807) is 0 Å². The number of carbonyl (C=O) groups excluding carboxylic acids is 3. The Bertz CT molecular complexity index is 458. The molecule has 0 radical (unpaired) electrons. The number of carboxylic acids is 1. The minimum absolute atomic E-state index is 0.0183. The predicted molar refractivity (Wildman–Crippen MR) is 108 cm³/mol. The van der Waals surface area contributed by atoms with Crippen molar-refractivity contribution in [3.05, 3.63) is 0 Å². The van der Waals surface area contributed by atoms with Gasteiger partial charge in [0, 0.05) is 52.0 Å². The first-order valence-electron chi connectivity index (χ1n) is 10.4. The fourth-order valence-electron chi connectivity index (χ4n) is 2.41. The molecule has 0 aliphatic carbocycles. The predicted octanol–water partition coefficient (Wildman–Crippen LogP) is 1.44. The molecule has 0 aromatic rings. The first kappa shape index (κ1) is 27.0. The Morgan fingerprint density at radius 3 is 1.72 bits per heavy atom. The highest BCUT2D eigenvalue weighted by Gasteiger charge is 2.02. The molecule has 0 atom stereocenters. The van der Waals surface area contributed by atoms with E-state index in [1.165, 1.54) is 0 Å². The maximum atomic E-state index is 11.6. The van der Waals surface area contributed by atoms with E-state index in [0.29, 0.717) is 58.8 Å². The van der Waals surface area contributed by atoms with Crippen LogP contribution in [0.1, 0.15) is 64.2 Å². The van der Waals surface area contributed by atoms with Gasteiger partial charge in [-0.2, -0.15) is 0 Å². The van der Waals surface area contributed by atoms with E-state index in [1.807, 2.05) is 0 Å². The van der Waals surface area contributed by atoms with Crippen molar-refractivity contribution in [1.82, 2.24) is 10.6 Å². The zero-order valence-electron chi connectivity index (χ0n) is 17.3. The second-order valence-corrected chi connectivity index (χ2v) is 6.65. The highest BCUT2D eigenvalue weighted by atomic mass is 16.5. The summed E-state index contributed by atoms with van der Waals surface area (Å²) in [5, 5.41) is 14.1. The van der Waals surface area contributed by atoms with Crippen LogP contribution in [0.15, 0.2) is 0 Å². The highest BCUT2D eigenvalue weighted by Crippen LogP contribution is 2.05. The number of nitrogens with one attached hydrogen (secondary N) is 2. The summed E-state index contributed by atoms with van der Waals surface area (Å²) in [5.74, 6) is -0.877. The standard InChI is InChI=1S/C20H36N2O7/c23-13-5-9-19(25)22-12-7-15-29-17-16-28-14-6-11-21-18(24)8-3-1-2-4-10-20(26)27/h13H,1-12,14-17H2,(H,21,24)(H,22,25)(H,26,27). The number of rotatable bonds is 21. The van der Waals surface area contributed by atoms with Crippen LogP contribution < -0.4 is 10.6 Å². The molecule has 0 aromatic carbocycles. The third-order valence-corrected chi connectivity index (χ3v) is 3.98. The summed E-state index contributed by atoms with van der Waals surface area (Å²) in [4.78, 5) is 43.4. The summed E-state index contributed by atoms with van der Waals surface area (Å²) in [6.45, 7) is 3.14. The van der Waals surface area contributed by atoms with Crippen molar-refractivity contribution in [2.75, 3.05) is 39.5 Å². The average molecular weight is 417 g/mol. The molecule has 0 unspecified atom stereocenters. The molecule has 0 saturated heterocycles. The van der Waals surface area contributed by atoms with Crippen LogP contribution in [0, 0.1) is 0 Å². The van der Waals surface area contributed by atoms with Crippen molar-refractivity contribution in [3.63, 3.8) is 0 Å². The minimum Gasteiger partial charge on any atom is -0.481 e. The van der Waals surface area contributed by atoms with E-state index in [9.17, 15) is 19.2 Å². The number of amides is 2. The van der Waals surface area contributed by atoms with Crippen molar-refractivity contribution in [2.45, 2.75) is 64.2 Å². The molecule has 0 aliphatic heterocycles. The van der Waals surface area contributed by atoms with Gasteiger partial charge in [0.2, 0.25) is 11.8 Å². The molecule has 0 aromatic heterocycles. The van der Waals surface area contributed by atoms with Gasteiger partial charge in [-0.3, -0.25) is 14.4 Å². The summed E-state index contributed by atoms with van der Waals surface area (Å²) >= 11 is 0. The number of carboxylic acid groups (broad SMARTS) is 1. The van der Waals surface area contributed by atoms with Crippen LogP contribution in [0.25, 0.3) is 0 Å². The topological polar surface area (TPSA) is 131 Å². The van der Waals surface area contributed by atoms with Crippen molar-refractivity contribution in [3.8, 4) is 0 Å². The van der Waals surface area contributed by atoms with Crippen molar-refractivity contribution >= 4 is 24.1 Å². The van der Waals surface area contributed by atoms with Crippen LogP contribution in [0.2, 0.25) is 0 Å². The van der Waals surface area contributed by atoms with Gasteiger partial charge in [0.15, 0.2) is 0 Å². The molecule has 2 amide bonds. The normalized spacial score (nSPS) is 10.5. The fourth-order valence-corrected chi connectivity index (χ4v) is 2.41. The molecule has 29 heavy (non-hydrogen) atoms. The third-order valence-electron chi connectivity index (χ3n) is 3.98. The summed E-state index contributed by atoms with van der Waals surface area (Å²) in [7, 11) is 0. The Morgan fingerprint density at radius 2 is 1.21 bits per heavy atom. The number of hydrogen-bond donors (Lipinski definition) is 3. The van der Waals surface area contributed by atoms with E-state index < -0.39 is 5.97 Å². The van der Waals surface area contributed by atoms with Crippen molar-refractivity contribution < 1.29 is 33.8 Å². The van der Waals surface area contributed by atoms with E-state index in [4.69, 9.17) is 14.6 Å². The molecule has 0 bridgehead atoms. The summed E-state index contributed by atoms with van der Waals surface area (Å²) in [6, 6.07) is 0. The van der Waals surface area contributed by atoms with E-state index in [2.05, 4.69) is 10.6 Å². The second-order valence-electron chi connectivity index (χ2n) is 6.65. The van der Waals surface area contributed by atoms with Gasteiger partial charge in [-0.1, -0.05) is 12.8 Å². The first-order chi connectivity index (χ1) is 14.1. The van der Waals surface area contributed by atoms with Gasteiger partial charge in [0.25, 0.3) is 0 Å². The molecule has 0 heterocycles. The fraction of sp³-hybridized carbons (Fsp3) is 0.800. The molecule has 9 nitrogen and oxygen atoms in total. The smallest absolute Gasteiger partial charge is 0.303 e. The number of carbonyl (C=O) groups is 4. The monoisotopic (exact) mass is 416 g/mol. The van der Waals surface area contributed by atoms with Gasteiger partial charge in [-0.25, -0.2) is 0 Å². The molecule has 0 aliphatic rings. The van der Waals surface area contributed by atoms with Crippen LogP contribution in [0.5, 0.6) is 0 Å². The zero-order chi connectivity index (χ0) is 21.6. The lowest BCUT2D eigenvalue weighted by Crippen LogP contribution is -2.25. The van der Waals surface area contributed by atoms with Gasteiger partial charge in [-0.15, -0.1) is 0 Å². The Kier molecular flexibility index (Phi) is 19.3. The number of aliphatic carboxylic acids is 1. The Morgan fingerprint density at radius 1 is 0.690 bits per heavy atom. The van der Waals surface area contributed by atoms with Gasteiger partial charge in [-0.05, 0) is 25.7 Å². The van der Waals surface area contributed by atoms with Crippen LogP contribution in [-0.4, -0.2) is 68.7 Å². The maximum absolute atomic E-state index is 11.6. The summed E-state index contributed by atoms with van der Waals surface area (Å²) in [6.07, 6.45) is 6.47. The lowest BCUT2D eigenvalue weighted by molar-refractivity contribution is -0.137. The van der Waals surface area contributed by atoms with E-state index in [0.717, 1.165) is 32.0 Å². The molecule has 0 spiro atoms. The van der Waals surface area contributed by atoms with E-state index in [-0.39, 0.29) is 31.1 Å². The lowest BCUT2D eigenvalue weighted by Gasteiger charge is -2.08. The van der Waals surface area contributed by atoms with Crippen LogP contribution in [0.3, 0.4) is 0 Å². The number of hydrogen-bond acceptors (Lipinski definition) is 6. The van der Waals surface area contributed by atoms with Crippen molar-refractivity contribution in [1.29, 1.82) is 0 Å². The van der Waals surface area contributed by atoms with Crippen LogP contribution in [-0.2, 0) is 28.7 Å². The van der Waals surface area contributed by atoms with Crippen molar-refractivity contribution in [2.24, 2.45) is 0 Å². The van der Waals surface area contributed by atoms with Crippen LogP contribution in [0.4, 0.5) is 0 Å². The molecular formula is C20H36N2O7. The lowest BCUT2D eigenvalue weighted by atomic mass is 10.1. The molecule has 0 saturated carbocycles. The average Bonchev–Trinajstić information content (AvgIpc) is 2.69. The molecular weight excluding hydrogens is 380 g/mol. The summed E-state index contributed by atoms with van der Waals surface area (Å²) in [5.41, 5.74) is 0. The third kappa shape index (κ3) is 22.2. The Labute approximate surface area is 172 Å². The second kappa shape index (κ2) is 20.7. The maximum Gasteiger partial charge on any atom is 0.303 e. The number of unbranched alkanes of at least 4 members (excludes halogenated alkanes) is 3. The molecule has 3 N–H and O–H groups in total. The molecule has 168 valence electrons. The zero-order valence-corrected chi connectivity index (χ0v) is 17.3. The SMILES string of the molecule is O=CCCC(=O)NCCCOCCOCCCNC(=O)CCCCCCC(=O)O. The Hall–Kier alpha value is -2.00. The van der Waals surface area contributed by atoms with Gasteiger partial charge < -0.3 is 30.0 Å². The molecule has 0 fully saturated rings. The largest absolute Gasteiger partial charge is 0.481 e. The summed E-state index contributed by atoms with van der Waals surface area (Å²) < 4.78 is 10.8. The quantitative estimate of drug-likeness (QED) is 0.191. The van der Waals surface area contributed by atoms with Gasteiger partial charge >= 0.3 is 5.97 Å². The minimum atomic E-state index is -0.773. The first-order valence-corrected chi connectivity index (χ1v) is 10.4. The van der Waals surface area contributed by atoms with Crippen LogP contribution >= 0.6 is 0 Å².